The van der Waals surface area contributed by atoms with Gasteiger partial charge in [0.25, 0.3) is 0 Å². The van der Waals surface area contributed by atoms with Gasteiger partial charge in [0.1, 0.15) is 11.9 Å². The molecule has 0 saturated heterocycles. The van der Waals surface area contributed by atoms with Crippen LogP contribution in [0.25, 0.3) is 0 Å². The van der Waals surface area contributed by atoms with Gasteiger partial charge in [-0.3, -0.25) is 0 Å². The highest BCUT2D eigenvalue weighted by Gasteiger charge is 2.11. The lowest BCUT2D eigenvalue weighted by molar-refractivity contribution is 0.217. The van der Waals surface area contributed by atoms with Crippen molar-refractivity contribution in [2.24, 2.45) is 0 Å². The van der Waals surface area contributed by atoms with Gasteiger partial charge in [-0.2, -0.15) is 0 Å². The van der Waals surface area contributed by atoms with Crippen LogP contribution in [0.3, 0.4) is 0 Å². The van der Waals surface area contributed by atoms with E-state index in [9.17, 15) is 5.11 Å². The van der Waals surface area contributed by atoms with Crippen LogP contribution >= 0.6 is 0 Å². The molecule has 0 radical (unpaired) electrons. The zero-order valence-electron chi connectivity index (χ0n) is 11.1. The third-order valence-electron chi connectivity index (χ3n) is 3.37. The Labute approximate surface area is 109 Å². The molecular weight excluding hydrogens is 224 g/mol. The molecule has 0 heterocycles. The Morgan fingerprint density at radius 3 is 3.00 bits per heavy atom. The van der Waals surface area contributed by atoms with E-state index in [1.165, 1.54) is 19.3 Å². The maximum atomic E-state index is 9.37. The highest BCUT2D eigenvalue weighted by atomic mass is 16.5. The normalized spacial score (nSPS) is 22.0. The number of aliphatic hydroxyl groups is 1. The molecule has 0 spiro atoms. The lowest BCUT2D eigenvalue weighted by Crippen LogP contribution is -2.15. The third-order valence-corrected chi connectivity index (χ3v) is 3.37. The molecule has 0 saturated carbocycles. The second kappa shape index (κ2) is 6.60. The fourth-order valence-corrected chi connectivity index (χ4v) is 2.34. The zero-order valence-corrected chi connectivity index (χ0v) is 11.1. The highest BCUT2D eigenvalue weighted by molar-refractivity contribution is 5.36. The summed E-state index contributed by atoms with van der Waals surface area (Å²) in [6, 6.07) is 5.98. The van der Waals surface area contributed by atoms with Crippen LogP contribution in [0.15, 0.2) is 30.4 Å². The van der Waals surface area contributed by atoms with Gasteiger partial charge in [0, 0.05) is 5.56 Å². The van der Waals surface area contributed by atoms with Gasteiger partial charge in [-0.05, 0) is 44.7 Å². The fourth-order valence-electron chi connectivity index (χ4n) is 2.34. The Bertz CT molecular complexity index is 410. The van der Waals surface area contributed by atoms with Gasteiger partial charge >= 0.3 is 0 Å². The maximum Gasteiger partial charge on any atom is 0.125 e. The van der Waals surface area contributed by atoms with Gasteiger partial charge in [0.05, 0.1) is 6.61 Å². The number of hydrogen-bond acceptors (Lipinski definition) is 2. The van der Waals surface area contributed by atoms with Gasteiger partial charge in [0.2, 0.25) is 0 Å². The van der Waals surface area contributed by atoms with Crippen molar-refractivity contribution in [2.75, 3.05) is 0 Å². The molecular formula is C16H22O2. The molecule has 2 rings (SSSR count). The number of ether oxygens (including phenoxy) is 1. The van der Waals surface area contributed by atoms with Crippen molar-refractivity contribution in [3.63, 3.8) is 0 Å². The molecule has 0 bridgehead atoms. The monoisotopic (exact) mass is 246 g/mol. The number of hydrogen-bond donors (Lipinski definition) is 1. The van der Waals surface area contributed by atoms with Crippen LogP contribution in [0.2, 0.25) is 0 Å². The molecule has 1 unspecified atom stereocenters. The molecule has 0 amide bonds. The molecule has 1 N–H and O–H groups in total. The van der Waals surface area contributed by atoms with Gasteiger partial charge < -0.3 is 9.84 Å². The van der Waals surface area contributed by atoms with E-state index in [1.54, 1.807) is 0 Å². The quantitative estimate of drug-likeness (QED) is 0.823. The minimum Gasteiger partial charge on any atom is -0.486 e. The second-order valence-electron chi connectivity index (χ2n) is 4.99. The molecule has 1 atom stereocenters. The summed E-state index contributed by atoms with van der Waals surface area (Å²) in [5.74, 6) is 0.818. The largest absolute Gasteiger partial charge is 0.486 e. The zero-order chi connectivity index (χ0) is 12.8. The van der Waals surface area contributed by atoms with Crippen LogP contribution in [0.1, 0.15) is 43.2 Å². The van der Waals surface area contributed by atoms with Crippen molar-refractivity contribution in [3.8, 4) is 5.75 Å². The summed E-state index contributed by atoms with van der Waals surface area (Å²) in [5.41, 5.74) is 2.03. The van der Waals surface area contributed by atoms with Crippen LogP contribution in [0.4, 0.5) is 0 Å². The van der Waals surface area contributed by atoms with Crippen molar-refractivity contribution >= 4 is 0 Å². The van der Waals surface area contributed by atoms with Crippen LogP contribution in [0, 0.1) is 6.92 Å². The number of rotatable bonds is 3. The van der Waals surface area contributed by atoms with Crippen LogP contribution < -0.4 is 4.74 Å². The van der Waals surface area contributed by atoms with E-state index in [-0.39, 0.29) is 12.7 Å². The third kappa shape index (κ3) is 3.61. The number of aliphatic hydroxyl groups excluding tert-OH is 1. The molecule has 0 aromatic heterocycles. The van der Waals surface area contributed by atoms with Gasteiger partial charge in [-0.15, -0.1) is 0 Å². The van der Waals surface area contributed by atoms with Crippen LogP contribution in [0.5, 0.6) is 5.75 Å². The molecule has 1 aliphatic carbocycles. The first-order chi connectivity index (χ1) is 8.79. The SMILES string of the molecule is Cc1ccc(OC2/C=C/CCCCC2)c(CO)c1. The lowest BCUT2D eigenvalue weighted by atomic mass is 10.0. The summed E-state index contributed by atoms with van der Waals surface area (Å²) in [6.07, 6.45) is 10.5. The molecule has 98 valence electrons. The van der Waals surface area contributed by atoms with E-state index < -0.39 is 0 Å². The standard InChI is InChI=1S/C16H22O2/c1-13-9-10-16(14(11-13)12-17)18-15-7-5-3-2-4-6-8-15/h5,7,9-11,15,17H,2-4,6,8,12H2,1H3/b7-5+. The predicted octanol–water partition coefficient (Wildman–Crippen LogP) is 3.76. The molecule has 1 aromatic rings. The first-order valence-electron chi connectivity index (χ1n) is 6.83. The number of aryl methyl sites for hydroxylation is 1. The topological polar surface area (TPSA) is 29.5 Å². The Balaban J connectivity index is 2.09. The summed E-state index contributed by atoms with van der Waals surface area (Å²) in [4.78, 5) is 0. The molecule has 1 aliphatic rings. The maximum absolute atomic E-state index is 9.37. The first kappa shape index (κ1) is 13.2. The van der Waals surface area contributed by atoms with Crippen molar-refractivity contribution in [2.45, 2.75) is 51.7 Å². The molecule has 2 nitrogen and oxygen atoms in total. The number of allylic oxidation sites excluding steroid dienone is 1. The summed E-state index contributed by atoms with van der Waals surface area (Å²) >= 11 is 0. The van der Waals surface area contributed by atoms with E-state index in [4.69, 9.17) is 4.74 Å². The van der Waals surface area contributed by atoms with E-state index in [2.05, 4.69) is 12.2 Å². The van der Waals surface area contributed by atoms with Crippen LogP contribution in [-0.4, -0.2) is 11.2 Å². The van der Waals surface area contributed by atoms with Gasteiger partial charge in [-0.1, -0.05) is 30.2 Å². The molecule has 2 heteroatoms. The summed E-state index contributed by atoms with van der Waals surface area (Å²) in [7, 11) is 0. The smallest absolute Gasteiger partial charge is 0.125 e. The summed E-state index contributed by atoms with van der Waals surface area (Å²) in [5, 5.41) is 9.37. The van der Waals surface area contributed by atoms with E-state index in [1.807, 2.05) is 25.1 Å². The highest BCUT2D eigenvalue weighted by Crippen LogP contribution is 2.24. The van der Waals surface area contributed by atoms with Crippen LogP contribution in [-0.2, 0) is 6.61 Å². The lowest BCUT2D eigenvalue weighted by Gasteiger charge is -2.19. The Kier molecular flexibility index (Phi) is 4.82. The van der Waals surface area contributed by atoms with Crippen molar-refractivity contribution in [1.29, 1.82) is 0 Å². The minimum absolute atomic E-state index is 0.0352. The average Bonchev–Trinajstić information content (AvgIpc) is 2.34. The Morgan fingerprint density at radius 1 is 1.28 bits per heavy atom. The van der Waals surface area contributed by atoms with Gasteiger partial charge in [0.15, 0.2) is 0 Å². The molecule has 1 aromatic carbocycles. The first-order valence-corrected chi connectivity index (χ1v) is 6.83. The average molecular weight is 246 g/mol. The minimum atomic E-state index is 0.0352. The fraction of sp³-hybridized carbons (Fsp3) is 0.500. The van der Waals surface area contributed by atoms with E-state index in [0.29, 0.717) is 0 Å². The summed E-state index contributed by atoms with van der Waals surface area (Å²) in [6.45, 7) is 2.06. The van der Waals surface area contributed by atoms with E-state index >= 15 is 0 Å². The molecule has 0 aliphatic heterocycles. The van der Waals surface area contributed by atoms with Crippen molar-refractivity contribution < 1.29 is 9.84 Å². The number of benzene rings is 1. The second-order valence-corrected chi connectivity index (χ2v) is 4.99. The van der Waals surface area contributed by atoms with Gasteiger partial charge in [-0.25, -0.2) is 0 Å². The van der Waals surface area contributed by atoms with E-state index in [0.717, 1.165) is 29.7 Å². The molecule has 0 fully saturated rings. The molecule has 18 heavy (non-hydrogen) atoms. The summed E-state index contributed by atoms with van der Waals surface area (Å²) < 4.78 is 6.02. The Hall–Kier alpha value is -1.28. The predicted molar refractivity (Wildman–Crippen MR) is 73.7 cm³/mol. The Morgan fingerprint density at radius 2 is 2.17 bits per heavy atom. The van der Waals surface area contributed by atoms with Crippen molar-refractivity contribution in [1.82, 2.24) is 0 Å². The van der Waals surface area contributed by atoms with Crippen molar-refractivity contribution in [3.05, 3.63) is 41.5 Å².